The van der Waals surface area contributed by atoms with Gasteiger partial charge in [0.25, 0.3) is 0 Å². The monoisotopic (exact) mass is 247 g/mol. The van der Waals surface area contributed by atoms with E-state index in [1.165, 1.54) is 5.56 Å². The molecule has 0 bridgehead atoms. The number of likely N-dealkylation sites (N-methyl/N-ethyl adjacent to an activating group) is 1. The van der Waals surface area contributed by atoms with Crippen LogP contribution >= 0.6 is 0 Å². The van der Waals surface area contributed by atoms with Crippen LogP contribution in [0.5, 0.6) is 0 Å². The molecule has 2 heteroatoms. The average Bonchev–Trinajstić information content (AvgIpc) is 2.06. The molecule has 0 radical (unpaired) electrons. The molecular weight excluding hydrogens is 232 g/mol. The zero-order valence-corrected chi connectivity index (χ0v) is 14.0. The van der Waals surface area contributed by atoms with Crippen molar-refractivity contribution in [1.29, 1.82) is 0 Å². The fourth-order valence-electron chi connectivity index (χ4n) is 1.17. The molecule has 0 amide bonds. The zero-order valence-electron chi connectivity index (χ0n) is 9.04. The van der Waals surface area contributed by atoms with Gasteiger partial charge in [-0.2, -0.15) is 7.05 Å². The van der Waals surface area contributed by atoms with Crippen LogP contribution in [0.1, 0.15) is 19.4 Å². The first kappa shape index (κ1) is 14.0. The Labute approximate surface area is 130 Å². The number of hydrogen-bond acceptors (Lipinski definition) is 0. The standard InChI is InChI=1S/C11H16N.Rb/c1-11(2,12-3)9-10-7-5-4-6-8-10;/h4-8H,9H2,1-3H3;/q-1;+1. The summed E-state index contributed by atoms with van der Waals surface area (Å²) in [4.78, 5) is 0. The summed E-state index contributed by atoms with van der Waals surface area (Å²) in [5.74, 6) is 0. The summed E-state index contributed by atoms with van der Waals surface area (Å²) in [7, 11) is 1.88. The topological polar surface area (TPSA) is 14.1 Å². The van der Waals surface area contributed by atoms with Crippen molar-refractivity contribution in [3.8, 4) is 0 Å². The van der Waals surface area contributed by atoms with E-state index in [0.717, 1.165) is 6.42 Å². The molecule has 1 nitrogen and oxygen atoms in total. The van der Waals surface area contributed by atoms with Gasteiger partial charge in [0.1, 0.15) is 0 Å². The SMILES string of the molecule is C[N-]C(C)(C)Cc1ccccc1.[Rb+]. The van der Waals surface area contributed by atoms with Crippen molar-refractivity contribution < 1.29 is 58.2 Å². The minimum Gasteiger partial charge on any atom is -0.660 e. The van der Waals surface area contributed by atoms with Crippen molar-refractivity contribution in [2.75, 3.05) is 7.05 Å². The molecule has 0 aliphatic rings. The molecule has 13 heavy (non-hydrogen) atoms. The van der Waals surface area contributed by atoms with Crippen molar-refractivity contribution in [2.45, 2.75) is 25.8 Å². The van der Waals surface area contributed by atoms with E-state index in [0.29, 0.717) is 0 Å². The van der Waals surface area contributed by atoms with E-state index in [4.69, 9.17) is 0 Å². The normalized spacial score (nSPS) is 10.7. The molecule has 0 atom stereocenters. The van der Waals surface area contributed by atoms with Gasteiger partial charge in [0.05, 0.1) is 0 Å². The zero-order chi connectivity index (χ0) is 9.03. The molecule has 0 N–H and O–H groups in total. The van der Waals surface area contributed by atoms with Crippen LogP contribution < -0.4 is 58.2 Å². The summed E-state index contributed by atoms with van der Waals surface area (Å²) in [6, 6.07) is 10.5. The van der Waals surface area contributed by atoms with Crippen LogP contribution in [-0.4, -0.2) is 12.6 Å². The third kappa shape index (κ3) is 5.43. The summed E-state index contributed by atoms with van der Waals surface area (Å²) in [6.45, 7) is 4.31. The quantitative estimate of drug-likeness (QED) is 0.715. The van der Waals surface area contributed by atoms with E-state index in [2.05, 4.69) is 43.4 Å². The molecule has 0 aliphatic carbocycles. The van der Waals surface area contributed by atoms with Crippen molar-refractivity contribution in [2.24, 2.45) is 0 Å². The van der Waals surface area contributed by atoms with Crippen LogP contribution in [0, 0.1) is 0 Å². The second-order valence-corrected chi connectivity index (χ2v) is 3.70. The first-order chi connectivity index (χ1) is 5.64. The Kier molecular flexibility index (Phi) is 6.96. The number of benzene rings is 1. The van der Waals surface area contributed by atoms with Crippen molar-refractivity contribution in [3.63, 3.8) is 0 Å². The predicted octanol–water partition coefficient (Wildman–Crippen LogP) is 0.0152. The third-order valence-corrected chi connectivity index (χ3v) is 2.08. The number of rotatable bonds is 3. The Morgan fingerprint density at radius 3 is 2.15 bits per heavy atom. The van der Waals surface area contributed by atoms with Crippen LogP contribution in [0.25, 0.3) is 5.32 Å². The Morgan fingerprint density at radius 1 is 1.15 bits per heavy atom. The van der Waals surface area contributed by atoms with Gasteiger partial charge in [0.15, 0.2) is 0 Å². The van der Waals surface area contributed by atoms with Crippen molar-refractivity contribution in [1.82, 2.24) is 0 Å². The fraction of sp³-hybridized carbons (Fsp3) is 0.455. The molecule has 0 unspecified atom stereocenters. The number of hydrogen-bond donors (Lipinski definition) is 0. The van der Waals surface area contributed by atoms with Crippen LogP contribution in [0.4, 0.5) is 0 Å². The summed E-state index contributed by atoms with van der Waals surface area (Å²) in [6.07, 6.45) is 1.02. The minimum absolute atomic E-state index is 0. The third-order valence-electron chi connectivity index (χ3n) is 2.08. The minimum atomic E-state index is 0. The molecule has 66 valence electrons. The Hall–Kier alpha value is 0.985. The van der Waals surface area contributed by atoms with E-state index in [-0.39, 0.29) is 63.7 Å². The molecular formula is C11H16NRb. The molecule has 0 saturated heterocycles. The molecule has 0 saturated carbocycles. The maximum atomic E-state index is 4.32. The maximum absolute atomic E-state index is 4.32. The smallest absolute Gasteiger partial charge is 0.660 e. The molecule has 1 rings (SSSR count). The predicted molar refractivity (Wildman–Crippen MR) is 53.5 cm³/mol. The number of nitrogens with zero attached hydrogens (tertiary/aromatic N) is 1. The molecule has 1 aromatic rings. The Balaban J connectivity index is 0.00000144. The van der Waals surface area contributed by atoms with Gasteiger partial charge in [0, 0.05) is 0 Å². The molecule has 0 aliphatic heterocycles. The first-order valence-corrected chi connectivity index (χ1v) is 4.29. The van der Waals surface area contributed by atoms with Crippen LogP contribution in [0.3, 0.4) is 0 Å². The molecule has 0 fully saturated rings. The first-order valence-electron chi connectivity index (χ1n) is 4.29. The Morgan fingerprint density at radius 2 is 1.69 bits per heavy atom. The Bertz CT molecular complexity index is 231. The van der Waals surface area contributed by atoms with Crippen LogP contribution in [-0.2, 0) is 6.42 Å². The fourth-order valence-corrected chi connectivity index (χ4v) is 1.17. The van der Waals surface area contributed by atoms with Gasteiger partial charge in [-0.25, -0.2) is 0 Å². The van der Waals surface area contributed by atoms with Gasteiger partial charge in [-0.05, 0) is 12.0 Å². The second kappa shape index (κ2) is 6.47. The average molecular weight is 248 g/mol. The van der Waals surface area contributed by atoms with E-state index in [9.17, 15) is 0 Å². The summed E-state index contributed by atoms with van der Waals surface area (Å²) in [5.41, 5.74) is 1.43. The van der Waals surface area contributed by atoms with E-state index < -0.39 is 0 Å². The van der Waals surface area contributed by atoms with Gasteiger partial charge in [0.2, 0.25) is 0 Å². The molecule has 0 spiro atoms. The van der Waals surface area contributed by atoms with Gasteiger partial charge in [-0.3, -0.25) is 0 Å². The van der Waals surface area contributed by atoms with E-state index in [1.54, 1.807) is 0 Å². The van der Waals surface area contributed by atoms with Gasteiger partial charge in [-0.1, -0.05) is 44.2 Å². The molecule has 0 aromatic heterocycles. The molecule has 0 heterocycles. The van der Waals surface area contributed by atoms with Crippen molar-refractivity contribution in [3.05, 3.63) is 41.2 Å². The summed E-state index contributed by atoms with van der Waals surface area (Å²) >= 11 is 0. The largest absolute Gasteiger partial charge is 1.00 e. The second-order valence-electron chi connectivity index (χ2n) is 3.70. The van der Waals surface area contributed by atoms with Crippen LogP contribution in [0.15, 0.2) is 30.3 Å². The van der Waals surface area contributed by atoms with Crippen LogP contribution in [0.2, 0.25) is 0 Å². The van der Waals surface area contributed by atoms with Gasteiger partial charge >= 0.3 is 58.2 Å². The van der Waals surface area contributed by atoms with E-state index in [1.807, 2.05) is 13.1 Å². The van der Waals surface area contributed by atoms with Crippen molar-refractivity contribution >= 4 is 0 Å². The van der Waals surface area contributed by atoms with Gasteiger partial charge < -0.3 is 5.32 Å². The molecule has 1 aromatic carbocycles. The summed E-state index contributed by atoms with van der Waals surface area (Å²) in [5, 5.41) is 4.32. The summed E-state index contributed by atoms with van der Waals surface area (Å²) < 4.78 is 0. The maximum Gasteiger partial charge on any atom is 1.00 e. The van der Waals surface area contributed by atoms with E-state index >= 15 is 0 Å². The van der Waals surface area contributed by atoms with Gasteiger partial charge in [-0.15, -0.1) is 5.54 Å².